The van der Waals surface area contributed by atoms with E-state index in [4.69, 9.17) is 4.74 Å². The van der Waals surface area contributed by atoms with Crippen LogP contribution in [0.2, 0.25) is 0 Å². The maximum absolute atomic E-state index is 14.0. The molecular weight excluding hydrogens is 397 g/mol. The van der Waals surface area contributed by atoms with Crippen LogP contribution >= 0.6 is 0 Å². The predicted octanol–water partition coefficient (Wildman–Crippen LogP) is 3.24. The monoisotopic (exact) mass is 423 g/mol. The Morgan fingerprint density at radius 2 is 2.03 bits per heavy atom. The molecular formula is C23H26FN5O2. The number of carbonyl (C=O) groups is 1. The molecule has 1 fully saturated rings. The molecule has 2 unspecified atom stereocenters. The number of aryl methyl sites for hydroxylation is 1. The molecule has 0 saturated carbocycles. The third kappa shape index (κ3) is 4.45. The van der Waals surface area contributed by atoms with Gasteiger partial charge in [-0.15, -0.1) is 0 Å². The average Bonchev–Trinajstić information content (AvgIpc) is 3.37. The molecule has 2 aromatic carbocycles. The van der Waals surface area contributed by atoms with Crippen LogP contribution in [-0.2, 0) is 11.3 Å². The van der Waals surface area contributed by atoms with Crippen molar-refractivity contribution in [3.8, 4) is 5.75 Å². The number of methoxy groups -OCH3 is 1. The first kappa shape index (κ1) is 21.0. The maximum atomic E-state index is 14.0. The van der Waals surface area contributed by atoms with Crippen molar-refractivity contribution in [3.63, 3.8) is 0 Å². The van der Waals surface area contributed by atoms with Gasteiger partial charge in [-0.05, 0) is 44.0 Å². The second-order valence-electron chi connectivity index (χ2n) is 7.69. The summed E-state index contributed by atoms with van der Waals surface area (Å²) >= 11 is 0. The van der Waals surface area contributed by atoms with E-state index < -0.39 is 6.04 Å². The number of anilines is 1. The fourth-order valence-corrected chi connectivity index (χ4v) is 3.84. The van der Waals surface area contributed by atoms with E-state index in [1.807, 2.05) is 38.1 Å². The van der Waals surface area contributed by atoms with Gasteiger partial charge in [-0.2, -0.15) is 5.10 Å². The predicted molar refractivity (Wildman–Crippen MR) is 116 cm³/mol. The highest BCUT2D eigenvalue weighted by Gasteiger charge is 2.31. The third-order valence-corrected chi connectivity index (χ3v) is 5.62. The number of amides is 1. The summed E-state index contributed by atoms with van der Waals surface area (Å²) in [6.07, 6.45) is 0.598. The molecule has 0 bridgehead atoms. The van der Waals surface area contributed by atoms with Crippen LogP contribution in [-0.4, -0.2) is 28.8 Å². The highest BCUT2D eigenvalue weighted by atomic mass is 19.1. The van der Waals surface area contributed by atoms with Crippen molar-refractivity contribution < 1.29 is 13.9 Å². The Balaban J connectivity index is 1.44. The van der Waals surface area contributed by atoms with Crippen LogP contribution < -0.4 is 20.9 Å². The van der Waals surface area contributed by atoms with E-state index in [-0.39, 0.29) is 17.8 Å². The van der Waals surface area contributed by atoms with E-state index in [0.717, 1.165) is 17.0 Å². The van der Waals surface area contributed by atoms with E-state index >= 15 is 0 Å². The molecule has 0 spiro atoms. The number of hydrazine groups is 1. The van der Waals surface area contributed by atoms with E-state index in [9.17, 15) is 9.18 Å². The lowest BCUT2D eigenvalue weighted by Crippen LogP contribution is -2.39. The first-order chi connectivity index (χ1) is 15.0. The normalized spacial score (nSPS) is 18.2. The standard InChI is InChI=1S/C23H26FN5O2/c1-14-22(15(2)29(28-14)13-17-7-4-5-10-19(17)24)25-23(30)21-12-20(26-27-21)16-8-6-9-18(11-16)31-3/h4-11,20-21,26-27H,12-13H2,1-3H3,(H,25,30). The maximum Gasteiger partial charge on any atom is 0.243 e. The number of nitrogens with zero attached hydrogens (tertiary/aromatic N) is 2. The summed E-state index contributed by atoms with van der Waals surface area (Å²) in [5.74, 6) is 0.362. The Labute approximate surface area is 180 Å². The minimum Gasteiger partial charge on any atom is -0.497 e. The quantitative estimate of drug-likeness (QED) is 0.567. The van der Waals surface area contributed by atoms with Crippen LogP contribution in [0.15, 0.2) is 48.5 Å². The molecule has 1 aliphatic rings. The van der Waals surface area contributed by atoms with Crippen LogP contribution in [0.4, 0.5) is 10.1 Å². The van der Waals surface area contributed by atoms with Crippen molar-refractivity contribution >= 4 is 11.6 Å². The van der Waals surface area contributed by atoms with E-state index in [1.165, 1.54) is 6.07 Å². The lowest BCUT2D eigenvalue weighted by atomic mass is 10.0. The molecule has 1 aliphatic heterocycles. The molecule has 2 heterocycles. The summed E-state index contributed by atoms with van der Waals surface area (Å²) in [6, 6.07) is 14.0. The lowest BCUT2D eigenvalue weighted by molar-refractivity contribution is -0.117. The molecule has 8 heteroatoms. The van der Waals surface area contributed by atoms with Crippen LogP contribution in [0, 0.1) is 19.7 Å². The molecule has 4 rings (SSSR count). The van der Waals surface area contributed by atoms with Crippen molar-refractivity contribution in [1.82, 2.24) is 20.6 Å². The summed E-state index contributed by atoms with van der Waals surface area (Å²) in [4.78, 5) is 12.9. The fourth-order valence-electron chi connectivity index (χ4n) is 3.84. The minimum atomic E-state index is -0.398. The number of ether oxygens (including phenoxy) is 1. The van der Waals surface area contributed by atoms with E-state index in [2.05, 4.69) is 21.3 Å². The second kappa shape index (κ2) is 8.87. The largest absolute Gasteiger partial charge is 0.497 e. The number of hydrogen-bond donors (Lipinski definition) is 3. The van der Waals surface area contributed by atoms with Gasteiger partial charge in [0.25, 0.3) is 0 Å². The molecule has 0 aliphatic carbocycles. The van der Waals surface area contributed by atoms with Crippen molar-refractivity contribution in [2.75, 3.05) is 12.4 Å². The topological polar surface area (TPSA) is 80.2 Å². The Bertz CT molecular complexity index is 1100. The van der Waals surface area contributed by atoms with Gasteiger partial charge in [0, 0.05) is 11.6 Å². The number of carbonyl (C=O) groups excluding carboxylic acids is 1. The Morgan fingerprint density at radius 3 is 2.81 bits per heavy atom. The number of halogens is 1. The lowest BCUT2D eigenvalue weighted by Gasteiger charge is -2.12. The molecule has 162 valence electrons. The van der Waals surface area contributed by atoms with E-state index in [1.54, 1.807) is 30.0 Å². The molecule has 2 atom stereocenters. The van der Waals surface area contributed by atoms with Gasteiger partial charge in [0.05, 0.1) is 30.7 Å². The first-order valence-electron chi connectivity index (χ1n) is 10.2. The summed E-state index contributed by atoms with van der Waals surface area (Å²) in [5.41, 5.74) is 9.99. The van der Waals surface area contributed by atoms with Gasteiger partial charge < -0.3 is 10.1 Å². The van der Waals surface area contributed by atoms with Gasteiger partial charge >= 0.3 is 0 Å². The zero-order chi connectivity index (χ0) is 22.0. The zero-order valence-corrected chi connectivity index (χ0v) is 17.8. The summed E-state index contributed by atoms with van der Waals surface area (Å²) in [7, 11) is 1.63. The van der Waals surface area contributed by atoms with Crippen LogP contribution in [0.5, 0.6) is 5.75 Å². The summed E-state index contributed by atoms with van der Waals surface area (Å²) in [5, 5.41) is 7.49. The second-order valence-corrected chi connectivity index (χ2v) is 7.69. The fraction of sp³-hybridized carbons (Fsp3) is 0.304. The number of benzene rings is 2. The van der Waals surface area contributed by atoms with Gasteiger partial charge in [0.1, 0.15) is 17.6 Å². The Morgan fingerprint density at radius 1 is 1.23 bits per heavy atom. The average molecular weight is 423 g/mol. The zero-order valence-electron chi connectivity index (χ0n) is 17.8. The smallest absolute Gasteiger partial charge is 0.243 e. The van der Waals surface area contributed by atoms with Gasteiger partial charge in [0.15, 0.2) is 0 Å². The van der Waals surface area contributed by atoms with Crippen molar-refractivity contribution in [2.24, 2.45) is 0 Å². The highest BCUT2D eigenvalue weighted by Crippen LogP contribution is 2.27. The molecule has 1 amide bonds. The molecule has 3 N–H and O–H groups in total. The SMILES string of the molecule is COc1cccc(C2CC(C(=O)Nc3c(C)nn(Cc4ccccc4F)c3C)NN2)c1. The summed E-state index contributed by atoms with van der Waals surface area (Å²) in [6.45, 7) is 4.01. The number of nitrogens with one attached hydrogen (secondary N) is 3. The molecule has 1 aromatic heterocycles. The number of hydrogen-bond acceptors (Lipinski definition) is 5. The number of aromatic nitrogens is 2. The van der Waals surface area contributed by atoms with E-state index in [0.29, 0.717) is 29.9 Å². The van der Waals surface area contributed by atoms with Gasteiger partial charge in [-0.3, -0.25) is 9.48 Å². The Hall–Kier alpha value is -3.23. The minimum absolute atomic E-state index is 0.00294. The van der Waals surface area contributed by atoms with Crippen LogP contribution in [0.3, 0.4) is 0 Å². The van der Waals surface area contributed by atoms with Crippen molar-refractivity contribution in [1.29, 1.82) is 0 Å². The van der Waals surface area contributed by atoms with Gasteiger partial charge in [0.2, 0.25) is 5.91 Å². The first-order valence-corrected chi connectivity index (χ1v) is 10.2. The highest BCUT2D eigenvalue weighted by molar-refractivity contribution is 5.96. The van der Waals surface area contributed by atoms with Gasteiger partial charge in [-0.25, -0.2) is 15.2 Å². The van der Waals surface area contributed by atoms with Crippen molar-refractivity contribution in [3.05, 3.63) is 76.9 Å². The number of rotatable bonds is 6. The third-order valence-electron chi connectivity index (χ3n) is 5.62. The molecule has 1 saturated heterocycles. The molecule has 7 nitrogen and oxygen atoms in total. The molecule has 0 radical (unpaired) electrons. The van der Waals surface area contributed by atoms with Crippen LogP contribution in [0.1, 0.15) is 35.0 Å². The van der Waals surface area contributed by atoms with Crippen LogP contribution in [0.25, 0.3) is 0 Å². The van der Waals surface area contributed by atoms with Crippen molar-refractivity contribution in [2.45, 2.75) is 38.9 Å². The molecule has 3 aromatic rings. The Kier molecular flexibility index (Phi) is 6.01. The molecule has 31 heavy (non-hydrogen) atoms. The van der Waals surface area contributed by atoms with Gasteiger partial charge in [-0.1, -0.05) is 30.3 Å². The summed E-state index contributed by atoms with van der Waals surface area (Å²) < 4.78 is 21.0.